The minimum atomic E-state index is 0.318. The van der Waals surface area contributed by atoms with Crippen LogP contribution in [0.1, 0.15) is 37.1 Å². The summed E-state index contributed by atoms with van der Waals surface area (Å²) in [5, 5.41) is 4.59. The minimum Gasteiger partial charge on any atom is -0.497 e. The number of anilines is 1. The van der Waals surface area contributed by atoms with Crippen molar-refractivity contribution in [3.05, 3.63) is 54.1 Å². The Morgan fingerprint density at radius 3 is 2.71 bits per heavy atom. The number of hydrogen-bond acceptors (Lipinski definition) is 6. The number of hydrogen-bond donors (Lipinski definition) is 2. The zero-order chi connectivity index (χ0) is 19.3. The molecule has 2 heterocycles. The molecule has 0 amide bonds. The molecule has 0 radical (unpaired) electrons. The summed E-state index contributed by atoms with van der Waals surface area (Å²) >= 11 is 0. The molecule has 0 bridgehead atoms. The summed E-state index contributed by atoms with van der Waals surface area (Å²) in [6.45, 7) is 0. The second-order valence-electron chi connectivity index (χ2n) is 7.19. The van der Waals surface area contributed by atoms with Crippen molar-refractivity contribution in [1.82, 2.24) is 15.0 Å². The molecule has 1 aliphatic rings. The highest BCUT2D eigenvalue weighted by Gasteiger charge is 2.20. The Morgan fingerprint density at radius 1 is 1.11 bits per heavy atom. The highest BCUT2D eigenvalue weighted by molar-refractivity contribution is 5.91. The van der Waals surface area contributed by atoms with Gasteiger partial charge in [-0.05, 0) is 67.7 Å². The molecule has 0 unspecified atom stereocenters. The first-order chi connectivity index (χ1) is 13.7. The zero-order valence-corrected chi connectivity index (χ0v) is 16.0. The molecule has 1 aliphatic carbocycles. The molecule has 28 heavy (non-hydrogen) atoms. The maximum absolute atomic E-state index is 6.05. The van der Waals surface area contributed by atoms with Gasteiger partial charge in [0, 0.05) is 29.9 Å². The van der Waals surface area contributed by atoms with Crippen LogP contribution in [0.25, 0.3) is 23.1 Å². The van der Waals surface area contributed by atoms with E-state index in [0.717, 1.165) is 53.7 Å². The van der Waals surface area contributed by atoms with Crippen LogP contribution in [0.3, 0.4) is 0 Å². The van der Waals surface area contributed by atoms with Crippen molar-refractivity contribution in [3.63, 3.8) is 0 Å². The van der Waals surface area contributed by atoms with E-state index < -0.39 is 0 Å². The Kier molecular flexibility index (Phi) is 5.48. The Morgan fingerprint density at radius 2 is 1.96 bits per heavy atom. The number of methoxy groups -OCH3 is 1. The first-order valence-electron chi connectivity index (χ1n) is 9.67. The van der Waals surface area contributed by atoms with E-state index in [1.165, 1.54) is 0 Å². The molecular weight excluding hydrogens is 350 g/mol. The molecule has 0 atom stereocenters. The van der Waals surface area contributed by atoms with Crippen molar-refractivity contribution in [3.8, 4) is 5.75 Å². The summed E-state index contributed by atoms with van der Waals surface area (Å²) in [6, 6.07) is 10.5. The number of ether oxygens (including phenoxy) is 1. The van der Waals surface area contributed by atoms with Gasteiger partial charge in [0.1, 0.15) is 11.6 Å². The van der Waals surface area contributed by atoms with E-state index in [4.69, 9.17) is 20.4 Å². The average molecular weight is 375 g/mol. The standard InChI is InChI=1S/C22H25N5O/c1-28-18-9-10-20-19(13-18)22(25-17-7-5-16(23)6-8-17)27-21(26-20)11-4-15-3-2-12-24-14-15/h2-4,9-14,16-17H,5-8,23H2,1H3,(H,25,26,27)/b11-4+. The Labute approximate surface area is 164 Å². The van der Waals surface area contributed by atoms with Crippen LogP contribution in [-0.4, -0.2) is 34.1 Å². The summed E-state index contributed by atoms with van der Waals surface area (Å²) in [5.74, 6) is 2.30. The molecule has 1 saturated carbocycles. The molecule has 1 fully saturated rings. The second kappa shape index (κ2) is 8.35. The highest BCUT2D eigenvalue weighted by Crippen LogP contribution is 2.28. The van der Waals surface area contributed by atoms with Crippen LogP contribution in [0, 0.1) is 0 Å². The van der Waals surface area contributed by atoms with Crippen LogP contribution < -0.4 is 15.8 Å². The van der Waals surface area contributed by atoms with Gasteiger partial charge >= 0.3 is 0 Å². The van der Waals surface area contributed by atoms with Gasteiger partial charge in [-0.1, -0.05) is 6.07 Å². The quantitative estimate of drug-likeness (QED) is 0.704. The van der Waals surface area contributed by atoms with Gasteiger partial charge < -0.3 is 15.8 Å². The predicted molar refractivity (Wildman–Crippen MR) is 113 cm³/mol. The Bertz CT molecular complexity index is 965. The maximum atomic E-state index is 6.05. The van der Waals surface area contributed by atoms with Crippen LogP contribution in [0.5, 0.6) is 5.75 Å². The summed E-state index contributed by atoms with van der Waals surface area (Å²) < 4.78 is 5.40. The van der Waals surface area contributed by atoms with Crippen LogP contribution in [0.4, 0.5) is 5.82 Å². The second-order valence-corrected chi connectivity index (χ2v) is 7.19. The topological polar surface area (TPSA) is 86.0 Å². The fourth-order valence-electron chi connectivity index (χ4n) is 3.54. The number of nitrogens with one attached hydrogen (secondary N) is 1. The van der Waals surface area contributed by atoms with E-state index >= 15 is 0 Å². The van der Waals surface area contributed by atoms with E-state index in [1.807, 2.05) is 48.7 Å². The van der Waals surface area contributed by atoms with Gasteiger partial charge in [0.25, 0.3) is 0 Å². The van der Waals surface area contributed by atoms with E-state index in [-0.39, 0.29) is 0 Å². The largest absolute Gasteiger partial charge is 0.497 e. The molecule has 2 aromatic heterocycles. The van der Waals surface area contributed by atoms with Crippen molar-refractivity contribution in [2.24, 2.45) is 5.73 Å². The lowest BCUT2D eigenvalue weighted by Gasteiger charge is -2.27. The van der Waals surface area contributed by atoms with Gasteiger partial charge in [0.15, 0.2) is 5.82 Å². The van der Waals surface area contributed by atoms with Gasteiger partial charge in [-0.15, -0.1) is 0 Å². The Hall–Kier alpha value is -2.99. The molecule has 144 valence electrons. The fourth-order valence-corrected chi connectivity index (χ4v) is 3.54. The number of rotatable bonds is 5. The van der Waals surface area contributed by atoms with E-state index in [1.54, 1.807) is 13.3 Å². The fraction of sp³-hybridized carbons (Fsp3) is 0.318. The van der Waals surface area contributed by atoms with Crippen molar-refractivity contribution in [2.45, 2.75) is 37.8 Å². The monoisotopic (exact) mass is 375 g/mol. The van der Waals surface area contributed by atoms with Crippen molar-refractivity contribution < 1.29 is 4.74 Å². The lowest BCUT2D eigenvalue weighted by atomic mass is 9.92. The summed E-state index contributed by atoms with van der Waals surface area (Å²) in [6.07, 6.45) is 11.6. The number of pyridine rings is 1. The molecular formula is C22H25N5O. The normalized spacial score (nSPS) is 19.8. The molecule has 3 N–H and O–H groups in total. The van der Waals surface area contributed by atoms with E-state index in [0.29, 0.717) is 17.9 Å². The van der Waals surface area contributed by atoms with E-state index in [9.17, 15) is 0 Å². The molecule has 1 aromatic carbocycles. The van der Waals surface area contributed by atoms with Crippen molar-refractivity contribution in [1.29, 1.82) is 0 Å². The molecule has 3 aromatic rings. The van der Waals surface area contributed by atoms with Gasteiger partial charge in [0.2, 0.25) is 0 Å². The lowest BCUT2D eigenvalue weighted by Crippen LogP contribution is -2.33. The third-order valence-electron chi connectivity index (χ3n) is 5.14. The van der Waals surface area contributed by atoms with Crippen LogP contribution in [0.2, 0.25) is 0 Å². The number of benzene rings is 1. The van der Waals surface area contributed by atoms with E-state index in [2.05, 4.69) is 10.3 Å². The zero-order valence-electron chi connectivity index (χ0n) is 16.0. The molecule has 0 aliphatic heterocycles. The van der Waals surface area contributed by atoms with Gasteiger partial charge in [0.05, 0.1) is 12.6 Å². The molecule has 0 spiro atoms. The minimum absolute atomic E-state index is 0.318. The summed E-state index contributed by atoms with van der Waals surface area (Å²) in [7, 11) is 1.67. The third-order valence-corrected chi connectivity index (χ3v) is 5.14. The highest BCUT2D eigenvalue weighted by atomic mass is 16.5. The Balaban J connectivity index is 1.68. The van der Waals surface area contributed by atoms with Crippen LogP contribution in [0.15, 0.2) is 42.7 Å². The van der Waals surface area contributed by atoms with Crippen LogP contribution in [-0.2, 0) is 0 Å². The van der Waals surface area contributed by atoms with Gasteiger partial charge in [-0.2, -0.15) is 0 Å². The summed E-state index contributed by atoms with van der Waals surface area (Å²) in [5.41, 5.74) is 7.95. The number of nitrogens with zero attached hydrogens (tertiary/aromatic N) is 3. The van der Waals surface area contributed by atoms with Gasteiger partial charge in [-0.25, -0.2) is 9.97 Å². The average Bonchev–Trinajstić information content (AvgIpc) is 2.74. The lowest BCUT2D eigenvalue weighted by molar-refractivity contribution is 0.410. The number of fused-ring (bicyclic) bond motifs is 1. The molecule has 0 saturated heterocycles. The number of nitrogens with two attached hydrogens (primary N) is 1. The number of aromatic nitrogens is 3. The third kappa shape index (κ3) is 4.28. The summed E-state index contributed by atoms with van der Waals surface area (Å²) in [4.78, 5) is 13.6. The molecule has 4 rings (SSSR count). The van der Waals surface area contributed by atoms with Crippen molar-refractivity contribution >= 4 is 28.9 Å². The van der Waals surface area contributed by atoms with Gasteiger partial charge in [-0.3, -0.25) is 4.98 Å². The first kappa shape index (κ1) is 18.4. The predicted octanol–water partition coefficient (Wildman–Crippen LogP) is 3.89. The molecule has 6 nitrogen and oxygen atoms in total. The van der Waals surface area contributed by atoms with Crippen molar-refractivity contribution in [2.75, 3.05) is 12.4 Å². The first-order valence-corrected chi connectivity index (χ1v) is 9.67. The van der Waals surface area contributed by atoms with Crippen LogP contribution >= 0.6 is 0 Å². The maximum Gasteiger partial charge on any atom is 0.154 e. The molecule has 6 heteroatoms. The smallest absolute Gasteiger partial charge is 0.154 e. The SMILES string of the molecule is COc1ccc2nc(/C=C/c3cccnc3)nc(NC3CCC(N)CC3)c2c1.